The van der Waals surface area contributed by atoms with Crippen molar-refractivity contribution >= 4 is 10.9 Å². The summed E-state index contributed by atoms with van der Waals surface area (Å²) in [4.78, 5) is 3.44. The summed E-state index contributed by atoms with van der Waals surface area (Å²) in [5.41, 5.74) is 2.06. The second-order valence-electron chi connectivity index (χ2n) is 6.26. The minimum atomic E-state index is 0. The van der Waals surface area contributed by atoms with Crippen LogP contribution in [0.4, 0.5) is 0 Å². The normalized spacial score (nSPS) is 28.3. The molecule has 0 saturated heterocycles. The Morgan fingerprint density at radius 2 is 1.80 bits per heavy atom. The fourth-order valence-corrected chi connectivity index (χ4v) is 4.16. The molecule has 1 unspecified atom stereocenters. The van der Waals surface area contributed by atoms with Crippen LogP contribution in [-0.2, 0) is 0 Å². The molecule has 3 aliphatic rings. The van der Waals surface area contributed by atoms with E-state index in [-0.39, 0.29) is 24.6 Å². The Balaban J connectivity index is 0.00000121. The second kappa shape index (κ2) is 5.43. The number of fused-ring (bicyclic) bond motifs is 4. The van der Waals surface area contributed by atoms with E-state index in [1.807, 2.05) is 12.1 Å². The molecule has 3 heteroatoms. The number of benzene rings is 1. The average Bonchev–Trinajstić information content (AvgIpc) is 2.48. The van der Waals surface area contributed by atoms with Gasteiger partial charge in [0.15, 0.2) is 5.69 Å². The predicted octanol–water partition coefficient (Wildman–Crippen LogP) is 0.0252. The number of para-hydroxylation sites is 1. The molecule has 1 heterocycles. The Labute approximate surface area is 131 Å². The van der Waals surface area contributed by atoms with Crippen molar-refractivity contribution in [2.45, 2.75) is 38.0 Å². The molecule has 98 valence electrons. The van der Waals surface area contributed by atoms with Gasteiger partial charge in [-0.1, -0.05) is 25.0 Å². The van der Waals surface area contributed by atoms with Gasteiger partial charge in [-0.25, -0.2) is 4.98 Å². The summed E-state index contributed by atoms with van der Waals surface area (Å²) in [6, 6.07) is 9.79. The summed E-state index contributed by atoms with van der Waals surface area (Å²) in [5.74, 6) is 2.51. The fraction of sp³-hybridized carbons (Fsp3) is 0.471. The Hall–Kier alpha value is -0.973. The van der Waals surface area contributed by atoms with Gasteiger partial charge < -0.3 is 5.11 Å². The van der Waals surface area contributed by atoms with Gasteiger partial charge in [-0.3, -0.25) is 0 Å². The topological polar surface area (TPSA) is 37.2 Å². The first-order valence-electron chi connectivity index (χ1n) is 7.43. The van der Waals surface area contributed by atoms with Crippen LogP contribution in [0.25, 0.3) is 10.9 Å². The van der Waals surface area contributed by atoms with Crippen LogP contribution in [0.15, 0.2) is 30.3 Å². The minimum Gasteiger partial charge on any atom is -0.868 e. The molecule has 1 atom stereocenters. The van der Waals surface area contributed by atoms with E-state index in [1.54, 1.807) is 6.07 Å². The molecule has 2 nitrogen and oxygen atoms in total. The standard InChI is InChI=1S/C17H19NO.Li/c19-16-3-1-2-13-8-9-15(18-17(13)16)14-10-11-4-6-12(14)7-5-11;/h1-3,8-9,11-12,14,19H,4-7,10H2;/q;+1. The number of aromatic amines is 1. The van der Waals surface area contributed by atoms with Crippen LogP contribution in [0.2, 0.25) is 0 Å². The summed E-state index contributed by atoms with van der Waals surface area (Å²) < 4.78 is 0. The van der Waals surface area contributed by atoms with Crippen molar-refractivity contribution in [2.24, 2.45) is 11.8 Å². The maximum absolute atomic E-state index is 11.9. The maximum Gasteiger partial charge on any atom is 1.00 e. The van der Waals surface area contributed by atoms with Crippen molar-refractivity contribution in [2.75, 3.05) is 0 Å². The van der Waals surface area contributed by atoms with Crippen LogP contribution >= 0.6 is 0 Å². The number of H-pyrrole nitrogens is 1. The minimum absolute atomic E-state index is 0. The van der Waals surface area contributed by atoms with Gasteiger partial charge in [-0.05, 0) is 49.0 Å². The fourth-order valence-electron chi connectivity index (χ4n) is 4.16. The van der Waals surface area contributed by atoms with Gasteiger partial charge in [0, 0.05) is 17.4 Å². The molecule has 0 aliphatic heterocycles. The van der Waals surface area contributed by atoms with Crippen LogP contribution in [0, 0.1) is 11.8 Å². The van der Waals surface area contributed by atoms with E-state index in [4.69, 9.17) is 0 Å². The number of hydrogen-bond donors (Lipinski definition) is 0. The Morgan fingerprint density at radius 1 is 1.00 bits per heavy atom. The maximum atomic E-state index is 11.9. The molecule has 1 aromatic carbocycles. The van der Waals surface area contributed by atoms with Gasteiger partial charge >= 0.3 is 18.9 Å². The van der Waals surface area contributed by atoms with Crippen molar-refractivity contribution in [3.8, 4) is 5.75 Å². The zero-order chi connectivity index (χ0) is 12.8. The Morgan fingerprint density at radius 3 is 2.50 bits per heavy atom. The first-order chi connectivity index (χ1) is 9.31. The van der Waals surface area contributed by atoms with E-state index in [1.165, 1.54) is 37.8 Å². The first-order valence-corrected chi connectivity index (χ1v) is 7.43. The molecule has 2 aromatic rings. The summed E-state index contributed by atoms with van der Waals surface area (Å²) in [5, 5.41) is 13.0. The monoisotopic (exact) mass is 260 g/mol. The molecule has 0 spiro atoms. The van der Waals surface area contributed by atoms with Crippen LogP contribution < -0.4 is 29.0 Å². The Bertz CT molecular complexity index is 619. The summed E-state index contributed by atoms with van der Waals surface area (Å²) >= 11 is 0. The molecular formula is C17H19LiNO+. The predicted molar refractivity (Wildman–Crippen MR) is 72.8 cm³/mol. The van der Waals surface area contributed by atoms with Gasteiger partial charge in [0.05, 0.1) is 0 Å². The molecule has 3 aliphatic carbocycles. The van der Waals surface area contributed by atoms with Gasteiger partial charge in [-0.15, -0.1) is 0 Å². The zero-order valence-electron chi connectivity index (χ0n) is 12.1. The SMILES string of the molecule is [Li+].[O-]c1cccc2ccc(C3CC4CCC3CC4)[nH+]c12. The van der Waals surface area contributed by atoms with Crippen LogP contribution in [0.1, 0.15) is 43.7 Å². The molecule has 0 amide bonds. The van der Waals surface area contributed by atoms with Crippen molar-refractivity contribution < 1.29 is 29.0 Å². The van der Waals surface area contributed by atoms with E-state index in [2.05, 4.69) is 17.1 Å². The number of pyridine rings is 1. The van der Waals surface area contributed by atoms with E-state index < -0.39 is 0 Å². The van der Waals surface area contributed by atoms with Crippen molar-refractivity contribution in [3.05, 3.63) is 36.0 Å². The molecule has 1 N–H and O–H groups in total. The third-order valence-electron chi connectivity index (χ3n) is 5.22. The third-order valence-corrected chi connectivity index (χ3v) is 5.22. The quantitative estimate of drug-likeness (QED) is 0.666. The molecule has 5 rings (SSSR count). The van der Waals surface area contributed by atoms with E-state index in [9.17, 15) is 5.11 Å². The summed E-state index contributed by atoms with van der Waals surface area (Å²) in [7, 11) is 0. The third kappa shape index (κ3) is 2.26. The van der Waals surface area contributed by atoms with Crippen molar-refractivity contribution in [3.63, 3.8) is 0 Å². The van der Waals surface area contributed by atoms with Gasteiger partial charge in [0.25, 0.3) is 0 Å². The molecule has 3 fully saturated rings. The van der Waals surface area contributed by atoms with E-state index in [0.29, 0.717) is 5.92 Å². The van der Waals surface area contributed by atoms with Crippen LogP contribution in [0.3, 0.4) is 0 Å². The average molecular weight is 260 g/mol. The molecule has 1 aromatic heterocycles. The van der Waals surface area contributed by atoms with Gasteiger partial charge in [0.2, 0.25) is 5.52 Å². The van der Waals surface area contributed by atoms with Crippen molar-refractivity contribution in [1.29, 1.82) is 0 Å². The largest absolute Gasteiger partial charge is 1.00 e. The number of rotatable bonds is 1. The number of nitrogens with one attached hydrogen (secondary N) is 1. The zero-order valence-corrected chi connectivity index (χ0v) is 12.1. The van der Waals surface area contributed by atoms with E-state index >= 15 is 0 Å². The van der Waals surface area contributed by atoms with Crippen molar-refractivity contribution in [1.82, 2.24) is 0 Å². The van der Waals surface area contributed by atoms with Gasteiger partial charge in [-0.2, -0.15) is 0 Å². The van der Waals surface area contributed by atoms with E-state index in [0.717, 1.165) is 22.7 Å². The molecule has 2 bridgehead atoms. The summed E-state index contributed by atoms with van der Waals surface area (Å²) in [6.07, 6.45) is 6.90. The first kappa shape index (κ1) is 14.0. The van der Waals surface area contributed by atoms with Gasteiger partial charge in [0.1, 0.15) is 0 Å². The van der Waals surface area contributed by atoms with Crippen LogP contribution in [-0.4, -0.2) is 0 Å². The number of hydrogen-bond acceptors (Lipinski definition) is 1. The smallest absolute Gasteiger partial charge is 0.868 e. The molecule has 0 radical (unpaired) electrons. The molecular weight excluding hydrogens is 241 g/mol. The molecule has 20 heavy (non-hydrogen) atoms. The Kier molecular flexibility index (Phi) is 3.80. The summed E-state index contributed by atoms with van der Waals surface area (Å²) in [6.45, 7) is 0. The van der Waals surface area contributed by atoms with Crippen LogP contribution in [0.5, 0.6) is 5.75 Å². The second-order valence-corrected chi connectivity index (χ2v) is 6.26. The molecule has 3 saturated carbocycles. The number of aromatic nitrogens is 1.